The fourth-order valence-corrected chi connectivity index (χ4v) is 3.75. The molecular weight excluding hydrogens is 475 g/mol. The highest BCUT2D eigenvalue weighted by molar-refractivity contribution is 5.76. The first-order valence-corrected chi connectivity index (χ1v) is 11.8. The van der Waals surface area contributed by atoms with Gasteiger partial charge in [-0.25, -0.2) is 4.39 Å². The number of aromatic nitrogens is 3. The zero-order chi connectivity index (χ0) is 26.2. The number of H-pyrrole nitrogens is 1. The zero-order valence-corrected chi connectivity index (χ0v) is 20.5. The van der Waals surface area contributed by atoms with Crippen LogP contribution in [0.25, 0.3) is 11.4 Å². The Bertz CT molecular complexity index is 1430. The molecule has 0 radical (unpaired) electrons. The van der Waals surface area contributed by atoms with E-state index in [0.717, 1.165) is 5.56 Å². The molecule has 0 aliphatic rings. The van der Waals surface area contributed by atoms with E-state index in [2.05, 4.69) is 20.5 Å². The van der Waals surface area contributed by atoms with E-state index in [1.165, 1.54) is 19.2 Å². The molecule has 4 aromatic rings. The monoisotopic (exact) mass is 502 g/mol. The topological polar surface area (TPSA) is 106 Å². The number of benzene rings is 3. The van der Waals surface area contributed by atoms with Crippen molar-refractivity contribution in [3.8, 4) is 22.9 Å². The van der Waals surface area contributed by atoms with Crippen LogP contribution < -0.4 is 20.3 Å². The largest absolute Gasteiger partial charge is 0.493 e. The third-order valence-corrected chi connectivity index (χ3v) is 5.75. The Morgan fingerprint density at radius 1 is 1.03 bits per heavy atom. The minimum atomic E-state index is -0.417. The van der Waals surface area contributed by atoms with Gasteiger partial charge < -0.3 is 19.8 Å². The maximum Gasteiger partial charge on any atom is 0.273 e. The van der Waals surface area contributed by atoms with Crippen LogP contribution in [-0.4, -0.2) is 28.2 Å². The van der Waals surface area contributed by atoms with E-state index in [4.69, 9.17) is 9.47 Å². The lowest BCUT2D eigenvalue weighted by Crippen LogP contribution is -2.28. The number of carbonyl (C=O) groups excluding carboxylic acids is 1. The summed E-state index contributed by atoms with van der Waals surface area (Å²) < 4.78 is 24.6. The van der Waals surface area contributed by atoms with Crippen LogP contribution in [-0.2, 0) is 17.8 Å². The van der Waals surface area contributed by atoms with Crippen molar-refractivity contribution in [2.24, 2.45) is 0 Å². The Morgan fingerprint density at radius 3 is 2.57 bits per heavy atom. The molecule has 0 spiro atoms. The van der Waals surface area contributed by atoms with Crippen molar-refractivity contribution in [2.75, 3.05) is 7.11 Å². The Kier molecular flexibility index (Phi) is 8.25. The number of amides is 1. The number of carbonyl (C=O) groups is 1. The molecule has 0 saturated heterocycles. The molecule has 190 valence electrons. The highest BCUT2D eigenvalue weighted by atomic mass is 19.1. The molecule has 1 atom stereocenters. The van der Waals surface area contributed by atoms with Gasteiger partial charge in [-0.3, -0.25) is 9.59 Å². The van der Waals surface area contributed by atoms with E-state index in [0.29, 0.717) is 22.6 Å². The van der Waals surface area contributed by atoms with Crippen molar-refractivity contribution < 1.29 is 18.7 Å². The second kappa shape index (κ2) is 11.9. The summed E-state index contributed by atoms with van der Waals surface area (Å²) in [6.45, 7) is 2.07. The van der Waals surface area contributed by atoms with Crippen LogP contribution in [0.2, 0.25) is 0 Å². The number of rotatable bonds is 10. The maximum atomic E-state index is 13.4. The quantitative estimate of drug-likeness (QED) is 0.334. The van der Waals surface area contributed by atoms with Gasteiger partial charge in [0.2, 0.25) is 5.91 Å². The van der Waals surface area contributed by atoms with Crippen LogP contribution in [0, 0.1) is 5.82 Å². The lowest BCUT2D eigenvalue weighted by Gasteiger charge is -2.14. The number of hydrogen-bond donors (Lipinski definition) is 2. The number of aromatic amines is 1. The third-order valence-electron chi connectivity index (χ3n) is 5.75. The van der Waals surface area contributed by atoms with Gasteiger partial charge in [-0.05, 0) is 48.4 Å². The first-order valence-electron chi connectivity index (χ1n) is 11.8. The average molecular weight is 503 g/mol. The predicted octanol–water partition coefficient (Wildman–Crippen LogP) is 4.37. The molecule has 0 aliphatic carbocycles. The van der Waals surface area contributed by atoms with Gasteiger partial charge in [-0.2, -0.15) is 0 Å². The first-order chi connectivity index (χ1) is 17.9. The first kappa shape index (κ1) is 25.6. The summed E-state index contributed by atoms with van der Waals surface area (Å²) in [6, 6.07) is 20.7. The molecule has 0 saturated carbocycles. The highest BCUT2D eigenvalue weighted by Crippen LogP contribution is 2.31. The molecule has 0 fully saturated rings. The highest BCUT2D eigenvalue weighted by Gasteiger charge is 2.14. The number of methoxy groups -OCH3 is 1. The molecule has 0 aliphatic heterocycles. The normalized spacial score (nSPS) is 11.5. The fraction of sp³-hybridized carbons (Fsp3) is 0.214. The van der Waals surface area contributed by atoms with Gasteiger partial charge in [0, 0.05) is 18.4 Å². The molecular formula is C28H27FN4O4. The maximum absolute atomic E-state index is 13.4. The molecule has 9 heteroatoms. The van der Waals surface area contributed by atoms with Gasteiger partial charge in [-0.15, -0.1) is 10.2 Å². The van der Waals surface area contributed by atoms with E-state index in [9.17, 15) is 14.0 Å². The van der Waals surface area contributed by atoms with Crippen molar-refractivity contribution in [3.63, 3.8) is 0 Å². The number of aryl methyl sites for hydroxylation is 1. The molecule has 0 unspecified atom stereocenters. The van der Waals surface area contributed by atoms with Crippen LogP contribution in [0.15, 0.2) is 77.6 Å². The number of ether oxygens (including phenoxy) is 2. The van der Waals surface area contributed by atoms with Crippen LogP contribution in [0.4, 0.5) is 4.39 Å². The van der Waals surface area contributed by atoms with Crippen molar-refractivity contribution >= 4 is 5.91 Å². The van der Waals surface area contributed by atoms with Gasteiger partial charge in [0.05, 0.1) is 13.2 Å². The standard InChI is InChI=1S/C28H27FN4O4/c1-18(20-8-4-3-5-9-20)30-26(34)14-12-23-28(35)31-27(33-32-23)21-11-13-24(25(16-21)36-2)37-17-19-7-6-10-22(29)15-19/h3-11,13,15-16,18H,12,14,17H2,1-2H3,(H,30,34)(H,31,33,35)/t18-/m0/s1. The fourth-order valence-electron chi connectivity index (χ4n) is 3.75. The van der Waals surface area contributed by atoms with Crippen molar-refractivity contribution in [2.45, 2.75) is 32.4 Å². The van der Waals surface area contributed by atoms with Crippen LogP contribution >= 0.6 is 0 Å². The van der Waals surface area contributed by atoms with Crippen LogP contribution in [0.3, 0.4) is 0 Å². The molecule has 37 heavy (non-hydrogen) atoms. The Labute approximate surface area is 213 Å². The lowest BCUT2D eigenvalue weighted by atomic mass is 10.1. The van der Waals surface area contributed by atoms with Gasteiger partial charge >= 0.3 is 0 Å². The van der Waals surface area contributed by atoms with Crippen LogP contribution in [0.5, 0.6) is 11.5 Å². The van der Waals surface area contributed by atoms with E-state index in [-0.39, 0.29) is 48.7 Å². The van der Waals surface area contributed by atoms with Gasteiger partial charge in [0.25, 0.3) is 5.56 Å². The van der Waals surface area contributed by atoms with Crippen LogP contribution in [0.1, 0.15) is 36.2 Å². The Morgan fingerprint density at radius 2 is 1.84 bits per heavy atom. The second-order valence-corrected chi connectivity index (χ2v) is 8.43. The molecule has 1 amide bonds. The summed E-state index contributed by atoms with van der Waals surface area (Å²) in [5.74, 6) is 0.617. The summed E-state index contributed by atoms with van der Waals surface area (Å²) in [4.78, 5) is 27.7. The Balaban J connectivity index is 1.38. The molecule has 0 bridgehead atoms. The summed E-state index contributed by atoms with van der Waals surface area (Å²) >= 11 is 0. The van der Waals surface area contributed by atoms with E-state index in [1.54, 1.807) is 30.3 Å². The third kappa shape index (κ3) is 6.78. The minimum Gasteiger partial charge on any atom is -0.493 e. The van der Waals surface area contributed by atoms with Crippen molar-refractivity contribution in [1.29, 1.82) is 0 Å². The molecule has 1 heterocycles. The van der Waals surface area contributed by atoms with E-state index < -0.39 is 5.56 Å². The molecule has 8 nitrogen and oxygen atoms in total. The van der Waals surface area contributed by atoms with E-state index >= 15 is 0 Å². The summed E-state index contributed by atoms with van der Waals surface area (Å²) in [6.07, 6.45) is 0.269. The zero-order valence-electron chi connectivity index (χ0n) is 20.5. The number of nitrogens with one attached hydrogen (secondary N) is 2. The molecule has 2 N–H and O–H groups in total. The number of hydrogen-bond acceptors (Lipinski definition) is 6. The number of nitrogens with zero attached hydrogens (tertiary/aromatic N) is 2. The summed E-state index contributed by atoms with van der Waals surface area (Å²) in [5, 5.41) is 11.1. The summed E-state index contributed by atoms with van der Waals surface area (Å²) in [7, 11) is 1.50. The number of halogens is 1. The minimum absolute atomic E-state index is 0.111. The van der Waals surface area contributed by atoms with Gasteiger partial charge in [0.15, 0.2) is 17.3 Å². The van der Waals surface area contributed by atoms with Gasteiger partial charge in [-0.1, -0.05) is 42.5 Å². The molecule has 4 rings (SSSR count). The van der Waals surface area contributed by atoms with Gasteiger partial charge in [0.1, 0.15) is 18.1 Å². The smallest absolute Gasteiger partial charge is 0.273 e. The molecule has 1 aromatic heterocycles. The lowest BCUT2D eigenvalue weighted by molar-refractivity contribution is -0.121. The second-order valence-electron chi connectivity index (χ2n) is 8.43. The SMILES string of the molecule is COc1cc(-c2nnc(CCC(=O)N[C@@H](C)c3ccccc3)c(=O)[nH]2)ccc1OCc1cccc(F)c1. The Hall–Kier alpha value is -4.53. The van der Waals surface area contributed by atoms with Crippen molar-refractivity contribution in [1.82, 2.24) is 20.5 Å². The van der Waals surface area contributed by atoms with E-state index in [1.807, 2.05) is 37.3 Å². The average Bonchev–Trinajstić information content (AvgIpc) is 2.91. The summed E-state index contributed by atoms with van der Waals surface area (Å²) in [5.41, 5.74) is 2.01. The van der Waals surface area contributed by atoms with Crippen molar-refractivity contribution in [3.05, 3.63) is 106 Å². The molecule has 3 aromatic carbocycles. The predicted molar refractivity (Wildman–Crippen MR) is 137 cm³/mol.